The smallest absolute Gasteiger partial charge is 0.169 e. The minimum Gasteiger partial charge on any atom is -0.383 e. The zero-order valence-corrected chi connectivity index (χ0v) is 12.9. The first-order chi connectivity index (χ1) is 8.62. The van der Waals surface area contributed by atoms with Crippen LogP contribution in [0, 0.1) is 0 Å². The summed E-state index contributed by atoms with van der Waals surface area (Å²) in [7, 11) is 1.72. The SMILES string of the molecule is CCN(CC)C1CCN(C(=S)NC(C)COC)C1. The van der Waals surface area contributed by atoms with Crippen LogP contribution >= 0.6 is 12.2 Å². The van der Waals surface area contributed by atoms with Crippen LogP contribution in [0.15, 0.2) is 0 Å². The summed E-state index contributed by atoms with van der Waals surface area (Å²) in [6, 6.07) is 0.924. The van der Waals surface area contributed by atoms with Gasteiger partial charge in [-0.1, -0.05) is 13.8 Å². The molecule has 5 heteroatoms. The molecule has 1 rings (SSSR count). The van der Waals surface area contributed by atoms with E-state index in [4.69, 9.17) is 17.0 Å². The van der Waals surface area contributed by atoms with Gasteiger partial charge in [0.15, 0.2) is 5.11 Å². The lowest BCUT2D eigenvalue weighted by Gasteiger charge is -2.27. The van der Waals surface area contributed by atoms with Gasteiger partial charge in [0.2, 0.25) is 0 Å². The van der Waals surface area contributed by atoms with E-state index in [0.717, 1.165) is 31.3 Å². The molecule has 1 saturated heterocycles. The van der Waals surface area contributed by atoms with E-state index in [1.807, 2.05) is 0 Å². The van der Waals surface area contributed by atoms with Crippen molar-refractivity contribution in [1.29, 1.82) is 0 Å². The van der Waals surface area contributed by atoms with Crippen LogP contribution in [-0.2, 0) is 4.74 Å². The Morgan fingerprint density at radius 2 is 2.17 bits per heavy atom. The zero-order chi connectivity index (χ0) is 13.5. The molecule has 18 heavy (non-hydrogen) atoms. The Labute approximate surface area is 117 Å². The van der Waals surface area contributed by atoms with Crippen molar-refractivity contribution >= 4 is 17.3 Å². The summed E-state index contributed by atoms with van der Waals surface area (Å²) in [4.78, 5) is 4.80. The number of thiocarbonyl (C=S) groups is 1. The molecule has 1 fully saturated rings. The number of likely N-dealkylation sites (N-methyl/N-ethyl adjacent to an activating group) is 1. The van der Waals surface area contributed by atoms with Crippen LogP contribution in [-0.4, -0.2) is 66.9 Å². The number of ether oxygens (including phenoxy) is 1. The molecule has 1 aliphatic rings. The maximum absolute atomic E-state index is 5.46. The van der Waals surface area contributed by atoms with E-state index in [1.165, 1.54) is 6.42 Å². The third-order valence-corrected chi connectivity index (χ3v) is 3.94. The second kappa shape index (κ2) is 7.92. The highest BCUT2D eigenvalue weighted by molar-refractivity contribution is 7.80. The van der Waals surface area contributed by atoms with E-state index < -0.39 is 0 Å². The minimum absolute atomic E-state index is 0.273. The van der Waals surface area contributed by atoms with Crippen LogP contribution in [0.25, 0.3) is 0 Å². The van der Waals surface area contributed by atoms with Crippen LogP contribution in [0.1, 0.15) is 27.2 Å². The summed E-state index contributed by atoms with van der Waals surface area (Å²) in [5.41, 5.74) is 0. The van der Waals surface area contributed by atoms with E-state index in [0.29, 0.717) is 12.6 Å². The van der Waals surface area contributed by atoms with Crippen molar-refractivity contribution in [1.82, 2.24) is 15.1 Å². The Hall–Kier alpha value is -0.390. The van der Waals surface area contributed by atoms with Gasteiger partial charge >= 0.3 is 0 Å². The fraction of sp³-hybridized carbons (Fsp3) is 0.923. The lowest BCUT2D eigenvalue weighted by Crippen LogP contribution is -2.45. The van der Waals surface area contributed by atoms with Crippen molar-refractivity contribution < 1.29 is 4.74 Å². The number of hydrogen-bond donors (Lipinski definition) is 1. The number of rotatable bonds is 6. The number of nitrogens with zero attached hydrogens (tertiary/aromatic N) is 2. The first kappa shape index (κ1) is 15.7. The number of methoxy groups -OCH3 is 1. The van der Waals surface area contributed by atoms with Gasteiger partial charge < -0.3 is 15.0 Å². The molecule has 0 aromatic carbocycles. The summed E-state index contributed by atoms with van der Waals surface area (Å²) in [5, 5.41) is 4.20. The molecule has 106 valence electrons. The first-order valence-corrected chi connectivity index (χ1v) is 7.31. The summed E-state index contributed by atoms with van der Waals surface area (Å²) in [6.07, 6.45) is 1.21. The molecular formula is C13H27N3OS. The Balaban J connectivity index is 2.38. The highest BCUT2D eigenvalue weighted by Crippen LogP contribution is 2.15. The first-order valence-electron chi connectivity index (χ1n) is 6.90. The molecule has 0 aromatic heterocycles. The largest absolute Gasteiger partial charge is 0.383 e. The summed E-state index contributed by atoms with van der Waals surface area (Å²) in [6.45, 7) is 11.6. The van der Waals surface area contributed by atoms with E-state index >= 15 is 0 Å². The molecule has 0 amide bonds. The van der Waals surface area contributed by atoms with E-state index in [2.05, 4.69) is 35.9 Å². The van der Waals surface area contributed by atoms with Gasteiger partial charge in [0.1, 0.15) is 0 Å². The Kier molecular flexibility index (Phi) is 6.89. The molecule has 0 saturated carbocycles. The molecule has 0 bridgehead atoms. The van der Waals surface area contributed by atoms with Crippen LogP contribution in [0.2, 0.25) is 0 Å². The molecule has 2 unspecified atom stereocenters. The van der Waals surface area contributed by atoms with Crippen molar-refractivity contribution in [2.45, 2.75) is 39.3 Å². The van der Waals surface area contributed by atoms with Gasteiger partial charge in [0.25, 0.3) is 0 Å². The summed E-state index contributed by atoms with van der Waals surface area (Å²) < 4.78 is 5.11. The predicted molar refractivity (Wildman–Crippen MR) is 80.0 cm³/mol. The average Bonchev–Trinajstić information content (AvgIpc) is 2.80. The van der Waals surface area contributed by atoms with Crippen molar-refractivity contribution in [2.75, 3.05) is 39.9 Å². The predicted octanol–water partition coefficient (Wildman–Crippen LogP) is 1.31. The summed E-state index contributed by atoms with van der Waals surface area (Å²) in [5.74, 6) is 0. The lowest BCUT2D eigenvalue weighted by molar-refractivity contribution is 0.178. The topological polar surface area (TPSA) is 27.7 Å². The molecule has 0 radical (unpaired) electrons. The maximum atomic E-state index is 5.46. The van der Waals surface area contributed by atoms with Gasteiger partial charge in [0, 0.05) is 32.3 Å². The van der Waals surface area contributed by atoms with Gasteiger partial charge in [-0.05, 0) is 38.7 Å². The van der Waals surface area contributed by atoms with Gasteiger partial charge in [-0.15, -0.1) is 0 Å². The molecule has 0 spiro atoms. The maximum Gasteiger partial charge on any atom is 0.169 e. The lowest BCUT2D eigenvalue weighted by atomic mass is 10.2. The number of likely N-dealkylation sites (tertiary alicyclic amines) is 1. The monoisotopic (exact) mass is 273 g/mol. The van der Waals surface area contributed by atoms with Crippen LogP contribution in [0.4, 0.5) is 0 Å². The van der Waals surface area contributed by atoms with Crippen LogP contribution in [0.3, 0.4) is 0 Å². The Morgan fingerprint density at radius 3 is 2.72 bits per heavy atom. The van der Waals surface area contributed by atoms with E-state index in [1.54, 1.807) is 7.11 Å². The van der Waals surface area contributed by atoms with E-state index in [-0.39, 0.29) is 6.04 Å². The molecule has 1 heterocycles. The Bertz CT molecular complexity index is 259. The molecule has 1 N–H and O–H groups in total. The standard InChI is InChI=1S/C13H27N3OS/c1-5-15(6-2)12-7-8-16(9-12)13(18)14-11(3)10-17-4/h11-12H,5-10H2,1-4H3,(H,14,18). The third-order valence-electron chi connectivity index (χ3n) is 3.57. The second-order valence-electron chi connectivity index (χ2n) is 4.92. The van der Waals surface area contributed by atoms with Crippen molar-refractivity contribution in [3.05, 3.63) is 0 Å². The normalized spacial score (nSPS) is 21.4. The quantitative estimate of drug-likeness (QED) is 0.737. The van der Waals surface area contributed by atoms with Gasteiger partial charge in [-0.25, -0.2) is 0 Å². The van der Waals surface area contributed by atoms with Crippen molar-refractivity contribution in [2.24, 2.45) is 0 Å². The Morgan fingerprint density at radius 1 is 1.50 bits per heavy atom. The van der Waals surface area contributed by atoms with Crippen molar-refractivity contribution in [3.8, 4) is 0 Å². The molecule has 0 aromatic rings. The van der Waals surface area contributed by atoms with Crippen molar-refractivity contribution in [3.63, 3.8) is 0 Å². The number of hydrogen-bond acceptors (Lipinski definition) is 3. The molecule has 0 aliphatic carbocycles. The van der Waals surface area contributed by atoms with Crippen LogP contribution in [0.5, 0.6) is 0 Å². The molecular weight excluding hydrogens is 246 g/mol. The summed E-state index contributed by atoms with van der Waals surface area (Å²) >= 11 is 5.46. The van der Waals surface area contributed by atoms with Gasteiger partial charge in [-0.2, -0.15) is 0 Å². The highest BCUT2D eigenvalue weighted by atomic mass is 32.1. The van der Waals surface area contributed by atoms with Gasteiger partial charge in [0.05, 0.1) is 6.61 Å². The highest BCUT2D eigenvalue weighted by Gasteiger charge is 2.27. The van der Waals surface area contributed by atoms with Crippen LogP contribution < -0.4 is 5.32 Å². The molecule has 2 atom stereocenters. The third kappa shape index (κ3) is 4.37. The van der Waals surface area contributed by atoms with Gasteiger partial charge in [-0.3, -0.25) is 4.90 Å². The molecule has 1 aliphatic heterocycles. The minimum atomic E-state index is 0.273. The fourth-order valence-electron chi connectivity index (χ4n) is 2.56. The number of nitrogens with one attached hydrogen (secondary N) is 1. The fourth-order valence-corrected chi connectivity index (χ4v) is 2.93. The van der Waals surface area contributed by atoms with E-state index in [9.17, 15) is 0 Å². The molecule has 4 nitrogen and oxygen atoms in total. The second-order valence-corrected chi connectivity index (χ2v) is 5.30. The zero-order valence-electron chi connectivity index (χ0n) is 12.1. The average molecular weight is 273 g/mol.